The zero-order valence-corrected chi connectivity index (χ0v) is 25.5. The average molecular weight is 587 g/mol. The molecule has 0 spiro atoms. The van der Waals surface area contributed by atoms with Crippen LogP contribution in [0.3, 0.4) is 0 Å². The van der Waals surface area contributed by atoms with Gasteiger partial charge in [0.1, 0.15) is 0 Å². The van der Waals surface area contributed by atoms with Crippen molar-refractivity contribution in [1.82, 2.24) is 4.57 Å². The minimum absolute atomic E-state index is 0.677. The highest BCUT2D eigenvalue weighted by Crippen LogP contribution is 2.40. The maximum absolute atomic E-state index is 9.90. The third-order valence-electron chi connectivity index (χ3n) is 9.01. The molecule has 8 aromatic rings. The van der Waals surface area contributed by atoms with Crippen molar-refractivity contribution in [3.05, 3.63) is 175 Å². The molecule has 0 N–H and O–H groups in total. The van der Waals surface area contributed by atoms with Gasteiger partial charge in [0, 0.05) is 22.0 Å². The van der Waals surface area contributed by atoms with Gasteiger partial charge in [-0.3, -0.25) is 0 Å². The zero-order chi connectivity index (χ0) is 31.0. The second kappa shape index (κ2) is 11.4. The monoisotopic (exact) mass is 586 g/mol. The van der Waals surface area contributed by atoms with Gasteiger partial charge < -0.3 is 4.57 Å². The number of rotatable bonds is 5. The van der Waals surface area contributed by atoms with Gasteiger partial charge in [-0.05, 0) is 100.0 Å². The molecule has 0 aliphatic rings. The fourth-order valence-electron chi connectivity index (χ4n) is 6.76. The standard InChI is InChI=1S/C44H30N2/c1-30-12-5-7-18-37(30)41-27-33(22-24-39(41)38-19-8-6-13-35(38)29-45)31-14-11-15-32(26-31)34-23-25-44-42(28-34)40-20-9-10-21-43(40)46(44)36-16-3-2-4-17-36/h2-28H,1H3. The van der Waals surface area contributed by atoms with E-state index in [9.17, 15) is 5.26 Å². The number of hydrogen-bond acceptors (Lipinski definition) is 1. The molecule has 2 heteroatoms. The van der Waals surface area contributed by atoms with Gasteiger partial charge in [0.2, 0.25) is 0 Å². The van der Waals surface area contributed by atoms with Crippen LogP contribution in [0.4, 0.5) is 0 Å². The lowest BCUT2D eigenvalue weighted by Gasteiger charge is -2.16. The Bertz CT molecular complexity index is 2440. The van der Waals surface area contributed by atoms with Crippen LogP contribution in [0.5, 0.6) is 0 Å². The minimum Gasteiger partial charge on any atom is -0.309 e. The predicted molar refractivity (Wildman–Crippen MR) is 192 cm³/mol. The van der Waals surface area contributed by atoms with Crippen molar-refractivity contribution < 1.29 is 0 Å². The van der Waals surface area contributed by atoms with Gasteiger partial charge in [-0.1, -0.05) is 115 Å². The molecule has 0 amide bonds. The molecule has 2 nitrogen and oxygen atoms in total. The summed E-state index contributed by atoms with van der Waals surface area (Å²) in [4.78, 5) is 0. The number of fused-ring (bicyclic) bond motifs is 3. The Morgan fingerprint density at radius 1 is 0.435 bits per heavy atom. The maximum atomic E-state index is 9.90. The first-order valence-corrected chi connectivity index (χ1v) is 15.6. The van der Waals surface area contributed by atoms with Gasteiger partial charge >= 0.3 is 0 Å². The predicted octanol–water partition coefficient (Wildman–Crippen LogP) is 11.6. The number of nitrogens with zero attached hydrogens (tertiary/aromatic N) is 2. The summed E-state index contributed by atoms with van der Waals surface area (Å²) in [6.07, 6.45) is 0. The summed E-state index contributed by atoms with van der Waals surface area (Å²) in [6, 6.07) is 60.2. The number of aromatic nitrogens is 1. The third-order valence-corrected chi connectivity index (χ3v) is 9.01. The summed E-state index contributed by atoms with van der Waals surface area (Å²) < 4.78 is 2.35. The zero-order valence-electron chi connectivity index (χ0n) is 25.5. The molecule has 1 aromatic heterocycles. The van der Waals surface area contributed by atoms with Crippen molar-refractivity contribution >= 4 is 21.8 Å². The van der Waals surface area contributed by atoms with Crippen molar-refractivity contribution in [3.63, 3.8) is 0 Å². The van der Waals surface area contributed by atoms with Crippen LogP contribution in [0, 0.1) is 18.3 Å². The molecule has 0 unspecified atom stereocenters. The maximum Gasteiger partial charge on any atom is 0.0998 e. The largest absolute Gasteiger partial charge is 0.309 e. The second-order valence-corrected chi connectivity index (χ2v) is 11.7. The summed E-state index contributed by atoms with van der Waals surface area (Å²) in [6.45, 7) is 2.15. The lowest BCUT2D eigenvalue weighted by molar-refractivity contribution is 1.18. The van der Waals surface area contributed by atoms with E-state index in [0.717, 1.165) is 33.5 Å². The van der Waals surface area contributed by atoms with Gasteiger partial charge in [-0.2, -0.15) is 5.26 Å². The van der Waals surface area contributed by atoms with Crippen molar-refractivity contribution in [2.24, 2.45) is 0 Å². The summed E-state index contributed by atoms with van der Waals surface area (Å²) in [5.74, 6) is 0. The van der Waals surface area contributed by atoms with Crippen LogP contribution in [0.1, 0.15) is 11.1 Å². The summed E-state index contributed by atoms with van der Waals surface area (Å²) in [7, 11) is 0. The molecule has 46 heavy (non-hydrogen) atoms. The van der Waals surface area contributed by atoms with E-state index >= 15 is 0 Å². The molecule has 216 valence electrons. The smallest absolute Gasteiger partial charge is 0.0998 e. The average Bonchev–Trinajstić information content (AvgIpc) is 3.46. The number of nitriles is 1. The highest BCUT2D eigenvalue weighted by atomic mass is 15.0. The van der Waals surface area contributed by atoms with Crippen molar-refractivity contribution in [3.8, 4) is 56.3 Å². The molecule has 0 aliphatic heterocycles. The Morgan fingerprint density at radius 3 is 1.87 bits per heavy atom. The Morgan fingerprint density at radius 2 is 1.07 bits per heavy atom. The summed E-state index contributed by atoms with van der Waals surface area (Å²) in [5.41, 5.74) is 14.4. The third kappa shape index (κ3) is 4.67. The fourth-order valence-corrected chi connectivity index (χ4v) is 6.76. The van der Waals surface area contributed by atoms with Crippen molar-refractivity contribution in [2.75, 3.05) is 0 Å². The van der Waals surface area contributed by atoms with E-state index in [1.807, 2.05) is 24.3 Å². The van der Waals surface area contributed by atoms with E-state index in [1.165, 1.54) is 44.1 Å². The molecular weight excluding hydrogens is 556 g/mol. The molecule has 8 rings (SSSR count). The number of para-hydroxylation sites is 2. The van der Waals surface area contributed by atoms with E-state index < -0.39 is 0 Å². The first kappa shape index (κ1) is 27.4. The molecule has 0 saturated carbocycles. The molecule has 1 heterocycles. The molecule has 0 fully saturated rings. The van der Waals surface area contributed by atoms with Crippen molar-refractivity contribution in [1.29, 1.82) is 5.26 Å². The van der Waals surface area contributed by atoms with E-state index in [0.29, 0.717) is 5.56 Å². The SMILES string of the molecule is Cc1ccccc1-c1cc(-c2cccc(-c3ccc4c(c3)c3ccccc3n4-c3ccccc3)c2)ccc1-c1ccccc1C#N. The Hall–Kier alpha value is -6.17. The van der Waals surface area contributed by atoms with Gasteiger partial charge in [0.15, 0.2) is 0 Å². The van der Waals surface area contributed by atoms with Crippen LogP contribution in [0.15, 0.2) is 164 Å². The first-order chi connectivity index (χ1) is 22.7. The fraction of sp³-hybridized carbons (Fsp3) is 0.0227. The normalized spacial score (nSPS) is 11.1. The molecule has 0 radical (unpaired) electrons. The van der Waals surface area contributed by atoms with Crippen LogP contribution in [0.2, 0.25) is 0 Å². The van der Waals surface area contributed by atoms with Gasteiger partial charge in [-0.15, -0.1) is 0 Å². The van der Waals surface area contributed by atoms with Crippen LogP contribution in [0.25, 0.3) is 72.0 Å². The molecule has 0 atom stereocenters. The highest BCUT2D eigenvalue weighted by Gasteiger charge is 2.16. The van der Waals surface area contributed by atoms with Gasteiger partial charge in [0.25, 0.3) is 0 Å². The summed E-state index contributed by atoms with van der Waals surface area (Å²) in [5, 5.41) is 12.4. The molecular formula is C44H30N2. The number of aryl methyl sites for hydroxylation is 1. The van der Waals surface area contributed by atoms with E-state index in [1.54, 1.807) is 0 Å². The summed E-state index contributed by atoms with van der Waals surface area (Å²) >= 11 is 0. The Balaban J connectivity index is 1.26. The molecule has 7 aromatic carbocycles. The van der Waals surface area contributed by atoms with E-state index in [2.05, 4.69) is 157 Å². The molecule has 0 aliphatic carbocycles. The number of benzene rings is 7. The van der Waals surface area contributed by atoms with Gasteiger partial charge in [0.05, 0.1) is 22.7 Å². The van der Waals surface area contributed by atoms with E-state index in [-0.39, 0.29) is 0 Å². The second-order valence-electron chi connectivity index (χ2n) is 11.7. The quantitative estimate of drug-likeness (QED) is 0.197. The van der Waals surface area contributed by atoms with Gasteiger partial charge in [-0.25, -0.2) is 0 Å². The van der Waals surface area contributed by atoms with Crippen LogP contribution in [-0.4, -0.2) is 4.57 Å². The lowest BCUT2D eigenvalue weighted by Crippen LogP contribution is -1.93. The van der Waals surface area contributed by atoms with Crippen LogP contribution >= 0.6 is 0 Å². The van der Waals surface area contributed by atoms with Crippen LogP contribution in [-0.2, 0) is 0 Å². The molecule has 0 bridgehead atoms. The minimum atomic E-state index is 0.677. The van der Waals surface area contributed by atoms with E-state index in [4.69, 9.17) is 0 Å². The lowest BCUT2D eigenvalue weighted by atomic mass is 9.87. The van der Waals surface area contributed by atoms with Crippen LogP contribution < -0.4 is 0 Å². The molecule has 0 saturated heterocycles. The Kier molecular flexibility index (Phi) is 6.78. The first-order valence-electron chi connectivity index (χ1n) is 15.6. The van der Waals surface area contributed by atoms with Crippen molar-refractivity contribution in [2.45, 2.75) is 6.92 Å². The number of hydrogen-bond donors (Lipinski definition) is 0. The Labute approximate surface area is 269 Å². The topological polar surface area (TPSA) is 28.7 Å². The highest BCUT2D eigenvalue weighted by molar-refractivity contribution is 6.10.